The lowest BCUT2D eigenvalue weighted by atomic mass is 10.2. The Balaban J connectivity index is 0.00000256. The lowest BCUT2D eigenvalue weighted by Crippen LogP contribution is -2.15. The van der Waals surface area contributed by atoms with E-state index in [9.17, 15) is 4.79 Å². The molecule has 1 rings (SSSR count). The zero-order valence-corrected chi connectivity index (χ0v) is 11.3. The summed E-state index contributed by atoms with van der Waals surface area (Å²) in [7, 11) is -0.288. The molecule has 0 fully saturated rings. The highest BCUT2D eigenvalue weighted by molar-refractivity contribution is 7.58. The third-order valence-corrected chi connectivity index (χ3v) is 5.35. The SMILES string of the molecule is B.CP(COC(=O)c1ccccc1)C(C)(C)C. The fourth-order valence-electron chi connectivity index (χ4n) is 1.01. The summed E-state index contributed by atoms with van der Waals surface area (Å²) in [5.74, 6) is -0.223. The molecule has 0 heterocycles. The quantitative estimate of drug-likeness (QED) is 0.469. The predicted octanol–water partition coefficient (Wildman–Crippen LogP) is 2.53. The van der Waals surface area contributed by atoms with E-state index in [0.717, 1.165) is 0 Å². The van der Waals surface area contributed by atoms with Crippen LogP contribution in [0.5, 0.6) is 0 Å². The van der Waals surface area contributed by atoms with Crippen molar-refractivity contribution in [3.63, 3.8) is 0 Å². The Kier molecular flexibility index (Phi) is 6.48. The molecule has 1 aromatic rings. The standard InChI is InChI=1S/C13H19O2P.BH3/c1-13(2,3)16(4)10-15-12(14)11-8-6-5-7-9-11;/h5-9H,10H2,1-4H3;1H3. The summed E-state index contributed by atoms with van der Waals surface area (Å²) >= 11 is 0. The molecule has 0 aliphatic heterocycles. The molecule has 4 heteroatoms. The Bertz CT molecular complexity index is 346. The first-order valence-corrected chi connectivity index (χ1v) is 7.32. The Morgan fingerprint density at radius 1 is 1.24 bits per heavy atom. The average molecular weight is 252 g/mol. The van der Waals surface area contributed by atoms with E-state index in [-0.39, 0.29) is 27.5 Å². The first kappa shape index (κ1) is 16.2. The van der Waals surface area contributed by atoms with Crippen LogP contribution in [-0.4, -0.2) is 32.6 Å². The van der Waals surface area contributed by atoms with Crippen molar-refractivity contribution in [2.24, 2.45) is 0 Å². The molecule has 0 bridgehead atoms. The number of carbonyl (C=O) groups excluding carboxylic acids is 1. The van der Waals surface area contributed by atoms with E-state index in [0.29, 0.717) is 11.9 Å². The molecule has 0 saturated heterocycles. The zero-order valence-electron chi connectivity index (χ0n) is 10.4. The Morgan fingerprint density at radius 2 is 1.76 bits per heavy atom. The van der Waals surface area contributed by atoms with Crippen molar-refractivity contribution in [3.8, 4) is 0 Å². The second-order valence-corrected chi connectivity index (χ2v) is 7.79. The van der Waals surface area contributed by atoms with Gasteiger partial charge in [-0.05, 0) is 24.0 Å². The molecule has 1 unspecified atom stereocenters. The van der Waals surface area contributed by atoms with Gasteiger partial charge in [0.05, 0.1) is 14.0 Å². The first-order valence-electron chi connectivity index (χ1n) is 5.34. The molecule has 2 nitrogen and oxygen atoms in total. The van der Waals surface area contributed by atoms with E-state index in [1.807, 2.05) is 18.2 Å². The highest BCUT2D eigenvalue weighted by Crippen LogP contribution is 2.45. The topological polar surface area (TPSA) is 26.3 Å². The van der Waals surface area contributed by atoms with Crippen LogP contribution in [0.1, 0.15) is 31.1 Å². The van der Waals surface area contributed by atoms with Crippen LogP contribution in [0, 0.1) is 0 Å². The van der Waals surface area contributed by atoms with Gasteiger partial charge in [-0.25, -0.2) is 4.79 Å². The van der Waals surface area contributed by atoms with E-state index in [4.69, 9.17) is 4.74 Å². The van der Waals surface area contributed by atoms with Gasteiger partial charge in [0.1, 0.15) is 6.35 Å². The van der Waals surface area contributed by atoms with Crippen LogP contribution in [0.3, 0.4) is 0 Å². The minimum atomic E-state index is -0.288. The van der Waals surface area contributed by atoms with Gasteiger partial charge in [-0.1, -0.05) is 46.9 Å². The molecule has 0 aliphatic carbocycles. The molecule has 1 atom stereocenters. The third-order valence-electron chi connectivity index (χ3n) is 2.54. The number of ether oxygens (including phenoxy) is 1. The lowest BCUT2D eigenvalue weighted by molar-refractivity contribution is 0.0574. The van der Waals surface area contributed by atoms with Crippen LogP contribution in [0.25, 0.3) is 0 Å². The molecular weight excluding hydrogens is 230 g/mol. The number of esters is 1. The van der Waals surface area contributed by atoms with Crippen molar-refractivity contribution in [1.29, 1.82) is 0 Å². The minimum absolute atomic E-state index is 0. The number of benzene rings is 1. The molecule has 0 aliphatic rings. The number of carbonyl (C=O) groups is 1. The van der Waals surface area contributed by atoms with Gasteiger partial charge < -0.3 is 4.74 Å². The molecule has 0 spiro atoms. The Morgan fingerprint density at radius 3 is 2.24 bits per heavy atom. The maximum absolute atomic E-state index is 11.7. The minimum Gasteiger partial charge on any atom is -0.458 e. The summed E-state index contributed by atoms with van der Waals surface area (Å²) in [6.45, 7) is 8.69. The van der Waals surface area contributed by atoms with E-state index < -0.39 is 0 Å². The summed E-state index contributed by atoms with van der Waals surface area (Å²) in [4.78, 5) is 11.7. The smallest absolute Gasteiger partial charge is 0.338 e. The second kappa shape index (κ2) is 6.81. The molecule has 17 heavy (non-hydrogen) atoms. The Hall–Kier alpha value is -0.815. The third kappa shape index (κ3) is 5.36. The first-order chi connectivity index (χ1) is 7.41. The number of rotatable bonds is 3. The fraction of sp³-hybridized carbons (Fsp3) is 0.462. The molecule has 94 valence electrons. The van der Waals surface area contributed by atoms with E-state index in [1.54, 1.807) is 12.1 Å². The summed E-state index contributed by atoms with van der Waals surface area (Å²) < 4.78 is 5.31. The molecule has 0 aromatic heterocycles. The number of hydrogen-bond donors (Lipinski definition) is 0. The molecular formula is C13H22BO2P. The van der Waals surface area contributed by atoms with E-state index in [2.05, 4.69) is 27.4 Å². The van der Waals surface area contributed by atoms with Crippen LogP contribution >= 0.6 is 7.92 Å². The summed E-state index contributed by atoms with van der Waals surface area (Å²) in [5.41, 5.74) is 0.625. The van der Waals surface area contributed by atoms with Crippen LogP contribution in [0.2, 0.25) is 0 Å². The van der Waals surface area contributed by atoms with Gasteiger partial charge in [0.25, 0.3) is 0 Å². The Labute approximate surface area is 107 Å². The number of hydrogen-bond acceptors (Lipinski definition) is 2. The normalized spacial score (nSPS) is 12.5. The maximum Gasteiger partial charge on any atom is 0.338 e. The van der Waals surface area contributed by atoms with Crippen molar-refractivity contribution in [3.05, 3.63) is 35.9 Å². The van der Waals surface area contributed by atoms with Crippen LogP contribution in [0.4, 0.5) is 0 Å². The van der Waals surface area contributed by atoms with Crippen molar-refractivity contribution in [1.82, 2.24) is 0 Å². The van der Waals surface area contributed by atoms with E-state index >= 15 is 0 Å². The largest absolute Gasteiger partial charge is 0.458 e. The lowest BCUT2D eigenvalue weighted by Gasteiger charge is -2.27. The molecule has 0 amide bonds. The predicted molar refractivity (Wildman–Crippen MR) is 79.3 cm³/mol. The van der Waals surface area contributed by atoms with Gasteiger partial charge in [-0.3, -0.25) is 0 Å². The summed E-state index contributed by atoms with van der Waals surface area (Å²) in [6, 6.07) is 9.12. The molecule has 0 saturated carbocycles. The van der Waals surface area contributed by atoms with E-state index in [1.165, 1.54) is 0 Å². The van der Waals surface area contributed by atoms with Gasteiger partial charge in [0.2, 0.25) is 0 Å². The molecule has 0 N–H and O–H groups in total. The van der Waals surface area contributed by atoms with Gasteiger partial charge in [0, 0.05) is 0 Å². The summed E-state index contributed by atoms with van der Waals surface area (Å²) in [5, 5.41) is 0.228. The van der Waals surface area contributed by atoms with Crippen molar-refractivity contribution >= 4 is 22.3 Å². The van der Waals surface area contributed by atoms with Gasteiger partial charge in [0.15, 0.2) is 0 Å². The summed E-state index contributed by atoms with van der Waals surface area (Å²) in [6.07, 6.45) is 0.534. The van der Waals surface area contributed by atoms with Gasteiger partial charge >= 0.3 is 5.97 Å². The van der Waals surface area contributed by atoms with Crippen molar-refractivity contribution < 1.29 is 9.53 Å². The monoisotopic (exact) mass is 252 g/mol. The zero-order chi connectivity index (χ0) is 12.2. The van der Waals surface area contributed by atoms with Crippen molar-refractivity contribution in [2.45, 2.75) is 25.9 Å². The van der Waals surface area contributed by atoms with Crippen LogP contribution in [0.15, 0.2) is 30.3 Å². The highest BCUT2D eigenvalue weighted by atomic mass is 31.1. The van der Waals surface area contributed by atoms with Gasteiger partial charge in [-0.15, -0.1) is 0 Å². The van der Waals surface area contributed by atoms with Crippen LogP contribution < -0.4 is 0 Å². The van der Waals surface area contributed by atoms with Crippen LogP contribution in [-0.2, 0) is 4.74 Å². The maximum atomic E-state index is 11.7. The highest BCUT2D eigenvalue weighted by Gasteiger charge is 2.21. The molecule has 1 aromatic carbocycles. The molecule has 0 radical (unpaired) electrons. The fourth-order valence-corrected chi connectivity index (χ4v) is 1.70. The second-order valence-electron chi connectivity index (χ2n) is 4.80. The van der Waals surface area contributed by atoms with Crippen molar-refractivity contribution in [2.75, 3.05) is 13.0 Å². The average Bonchev–Trinajstić information content (AvgIpc) is 2.25. The van der Waals surface area contributed by atoms with Gasteiger partial charge in [-0.2, -0.15) is 0 Å².